The number of aliphatic hydroxyl groups is 1. The van der Waals surface area contributed by atoms with Crippen LogP contribution in [0.15, 0.2) is 24.5 Å². The van der Waals surface area contributed by atoms with E-state index in [1.807, 2.05) is 0 Å². The number of nitrogens with zero attached hydrogens (tertiary/aromatic N) is 1. The summed E-state index contributed by atoms with van der Waals surface area (Å²) < 4.78 is 25.5. The summed E-state index contributed by atoms with van der Waals surface area (Å²) in [6.45, 7) is 0. The molecule has 2 N–H and O–H groups in total. The quantitative estimate of drug-likeness (QED) is 0.763. The zero-order chi connectivity index (χ0) is 10.8. The molecule has 4 nitrogen and oxygen atoms in total. The Morgan fingerprint density at radius 1 is 1.57 bits per heavy atom. The molecular formula is C8H7F2NO3. The lowest BCUT2D eigenvalue weighted by molar-refractivity contribution is -0.182. The van der Waals surface area contributed by atoms with Crippen molar-refractivity contribution in [2.75, 3.05) is 0 Å². The first-order valence-corrected chi connectivity index (χ1v) is 3.65. The lowest BCUT2D eigenvalue weighted by atomic mass is 10.1. The molecule has 6 heteroatoms. The third-order valence-electron chi connectivity index (χ3n) is 1.63. The summed E-state index contributed by atoms with van der Waals surface area (Å²) in [6, 6.07) is 2.50. The number of hydrogen-bond acceptors (Lipinski definition) is 3. The molecule has 76 valence electrons. The number of aliphatic hydroxyl groups excluding tert-OH is 1. The minimum Gasteiger partial charge on any atom is -0.477 e. The molecule has 0 saturated heterocycles. The molecule has 0 aliphatic rings. The molecule has 0 spiro atoms. The van der Waals surface area contributed by atoms with Crippen molar-refractivity contribution >= 4 is 5.97 Å². The highest BCUT2D eigenvalue weighted by molar-refractivity contribution is 5.76. The Balaban J connectivity index is 2.96. The second-order valence-electron chi connectivity index (χ2n) is 2.62. The van der Waals surface area contributed by atoms with Crippen LogP contribution in [0.4, 0.5) is 8.78 Å². The van der Waals surface area contributed by atoms with Crippen LogP contribution in [0.1, 0.15) is 11.7 Å². The molecular weight excluding hydrogens is 196 g/mol. The molecule has 1 aromatic rings. The normalized spacial score (nSPS) is 13.6. The van der Waals surface area contributed by atoms with Crippen LogP contribution in [0.5, 0.6) is 0 Å². The van der Waals surface area contributed by atoms with Gasteiger partial charge in [0.2, 0.25) is 0 Å². The van der Waals surface area contributed by atoms with Crippen molar-refractivity contribution in [3.05, 3.63) is 30.1 Å². The zero-order valence-electron chi connectivity index (χ0n) is 6.89. The molecule has 1 aromatic heterocycles. The Bertz CT molecular complexity index is 329. The second-order valence-corrected chi connectivity index (χ2v) is 2.62. The molecule has 0 saturated carbocycles. The summed E-state index contributed by atoms with van der Waals surface area (Å²) >= 11 is 0. The van der Waals surface area contributed by atoms with E-state index in [2.05, 4.69) is 4.98 Å². The molecule has 0 radical (unpaired) electrons. The lowest BCUT2D eigenvalue weighted by Crippen LogP contribution is -2.35. The summed E-state index contributed by atoms with van der Waals surface area (Å²) in [4.78, 5) is 13.6. The van der Waals surface area contributed by atoms with Gasteiger partial charge in [0, 0.05) is 18.0 Å². The molecule has 1 rings (SSSR count). The number of aromatic nitrogens is 1. The van der Waals surface area contributed by atoms with E-state index in [-0.39, 0.29) is 5.56 Å². The molecule has 14 heavy (non-hydrogen) atoms. The fraction of sp³-hybridized carbons (Fsp3) is 0.250. The Hall–Kier alpha value is -1.56. The molecule has 0 aliphatic heterocycles. The number of carbonyl (C=O) groups is 1. The van der Waals surface area contributed by atoms with Crippen LogP contribution in [-0.4, -0.2) is 27.1 Å². The van der Waals surface area contributed by atoms with E-state index in [0.717, 1.165) is 6.20 Å². The Morgan fingerprint density at radius 3 is 2.64 bits per heavy atom. The number of hydrogen-bond donors (Lipinski definition) is 2. The van der Waals surface area contributed by atoms with Crippen LogP contribution in [0.2, 0.25) is 0 Å². The molecule has 0 unspecified atom stereocenters. The molecule has 0 amide bonds. The van der Waals surface area contributed by atoms with Crippen LogP contribution in [0, 0.1) is 0 Å². The van der Waals surface area contributed by atoms with Crippen molar-refractivity contribution in [1.82, 2.24) is 4.98 Å². The number of halogens is 2. The van der Waals surface area contributed by atoms with Gasteiger partial charge in [0.15, 0.2) is 6.10 Å². The highest BCUT2D eigenvalue weighted by atomic mass is 19.3. The monoisotopic (exact) mass is 203 g/mol. The Labute approximate surface area is 77.8 Å². The van der Waals surface area contributed by atoms with E-state index >= 15 is 0 Å². The van der Waals surface area contributed by atoms with Crippen LogP contribution in [0.3, 0.4) is 0 Å². The largest absolute Gasteiger partial charge is 0.477 e. The average molecular weight is 203 g/mol. The SMILES string of the molecule is O=C(O)C(F)(F)[C@@H](O)c1cccnc1. The molecule has 1 heterocycles. The number of aliphatic carboxylic acids is 1. The fourth-order valence-corrected chi connectivity index (χ4v) is 0.864. The third kappa shape index (κ3) is 1.85. The highest BCUT2D eigenvalue weighted by Gasteiger charge is 2.47. The van der Waals surface area contributed by atoms with Gasteiger partial charge in [-0.25, -0.2) is 4.79 Å². The van der Waals surface area contributed by atoms with Crippen molar-refractivity contribution in [3.63, 3.8) is 0 Å². The van der Waals surface area contributed by atoms with Gasteiger partial charge in [0.05, 0.1) is 0 Å². The van der Waals surface area contributed by atoms with Crippen LogP contribution < -0.4 is 0 Å². The van der Waals surface area contributed by atoms with Gasteiger partial charge in [-0.3, -0.25) is 4.98 Å². The van der Waals surface area contributed by atoms with Crippen LogP contribution >= 0.6 is 0 Å². The van der Waals surface area contributed by atoms with Gasteiger partial charge in [-0.1, -0.05) is 6.07 Å². The standard InChI is InChI=1S/C8H7F2NO3/c9-8(10,7(13)14)6(12)5-2-1-3-11-4-5/h1-4,6,12H,(H,13,14)/t6-/m0/s1. The predicted molar refractivity (Wildman–Crippen MR) is 41.8 cm³/mol. The zero-order valence-corrected chi connectivity index (χ0v) is 6.89. The number of carboxylic acids is 1. The highest BCUT2D eigenvalue weighted by Crippen LogP contribution is 2.30. The van der Waals surface area contributed by atoms with Gasteiger partial charge in [-0.15, -0.1) is 0 Å². The minimum absolute atomic E-state index is 0.236. The summed E-state index contributed by atoms with van der Waals surface area (Å²) in [5.74, 6) is -6.57. The molecule has 1 atom stereocenters. The van der Waals surface area contributed by atoms with E-state index in [4.69, 9.17) is 10.2 Å². The smallest absolute Gasteiger partial charge is 0.377 e. The molecule has 0 aliphatic carbocycles. The fourth-order valence-electron chi connectivity index (χ4n) is 0.864. The average Bonchev–Trinajstić information content (AvgIpc) is 2.17. The van der Waals surface area contributed by atoms with E-state index in [1.165, 1.54) is 18.3 Å². The summed E-state index contributed by atoms with van der Waals surface area (Å²) in [7, 11) is 0. The first kappa shape index (κ1) is 10.5. The Kier molecular flexibility index (Phi) is 2.76. The number of alkyl halides is 2. The van der Waals surface area contributed by atoms with Crippen LogP contribution in [-0.2, 0) is 4.79 Å². The van der Waals surface area contributed by atoms with Gasteiger partial charge in [0.25, 0.3) is 0 Å². The van der Waals surface area contributed by atoms with Gasteiger partial charge in [0.1, 0.15) is 0 Å². The van der Waals surface area contributed by atoms with Crippen molar-refractivity contribution in [2.24, 2.45) is 0 Å². The summed E-state index contributed by atoms with van der Waals surface area (Å²) in [5, 5.41) is 17.2. The summed E-state index contributed by atoms with van der Waals surface area (Å²) in [5.41, 5.74) is -0.236. The van der Waals surface area contributed by atoms with Gasteiger partial charge in [-0.05, 0) is 6.07 Å². The minimum atomic E-state index is -4.21. The van der Waals surface area contributed by atoms with Gasteiger partial charge >= 0.3 is 11.9 Å². The van der Waals surface area contributed by atoms with Crippen molar-refractivity contribution in [2.45, 2.75) is 12.0 Å². The van der Waals surface area contributed by atoms with Crippen molar-refractivity contribution in [1.29, 1.82) is 0 Å². The molecule has 0 fully saturated rings. The number of carboxylic acid groups (broad SMARTS) is 1. The first-order valence-electron chi connectivity index (χ1n) is 3.65. The maximum absolute atomic E-state index is 12.7. The third-order valence-corrected chi connectivity index (χ3v) is 1.63. The molecule has 0 aromatic carbocycles. The van der Waals surface area contributed by atoms with E-state index in [1.54, 1.807) is 0 Å². The number of rotatable bonds is 3. The molecule has 0 bridgehead atoms. The number of pyridine rings is 1. The lowest BCUT2D eigenvalue weighted by Gasteiger charge is -2.17. The maximum Gasteiger partial charge on any atom is 0.377 e. The van der Waals surface area contributed by atoms with Crippen LogP contribution in [0.25, 0.3) is 0 Å². The van der Waals surface area contributed by atoms with E-state index in [9.17, 15) is 13.6 Å². The first-order chi connectivity index (χ1) is 6.46. The van der Waals surface area contributed by atoms with Gasteiger partial charge < -0.3 is 10.2 Å². The van der Waals surface area contributed by atoms with E-state index < -0.39 is 18.0 Å². The maximum atomic E-state index is 12.7. The topological polar surface area (TPSA) is 70.4 Å². The predicted octanol–water partition coefficient (Wildman–Crippen LogP) is 0.835. The summed E-state index contributed by atoms with van der Waals surface area (Å²) in [6.07, 6.45) is -0.0647. The van der Waals surface area contributed by atoms with E-state index in [0.29, 0.717) is 0 Å². The van der Waals surface area contributed by atoms with Crippen molar-refractivity contribution < 1.29 is 23.8 Å². The second kappa shape index (κ2) is 3.67. The Morgan fingerprint density at radius 2 is 2.21 bits per heavy atom. The van der Waals surface area contributed by atoms with Crippen molar-refractivity contribution in [3.8, 4) is 0 Å². The van der Waals surface area contributed by atoms with Gasteiger partial charge in [-0.2, -0.15) is 8.78 Å².